The summed E-state index contributed by atoms with van der Waals surface area (Å²) < 4.78 is 18.0. The number of ether oxygens (including phenoxy) is 1. The number of benzene rings is 1. The Kier molecular flexibility index (Phi) is 3.86. The van der Waals surface area contributed by atoms with Gasteiger partial charge in [0.1, 0.15) is 0 Å². The molecule has 2 nitrogen and oxygen atoms in total. The average molecular weight is 209 g/mol. The van der Waals surface area contributed by atoms with Gasteiger partial charge in [0.2, 0.25) is 0 Å². The van der Waals surface area contributed by atoms with Crippen LogP contribution < -0.4 is 10.5 Å². The van der Waals surface area contributed by atoms with Crippen molar-refractivity contribution in [3.8, 4) is 5.75 Å². The first kappa shape index (κ1) is 11.7. The van der Waals surface area contributed by atoms with Gasteiger partial charge in [-0.05, 0) is 31.0 Å². The van der Waals surface area contributed by atoms with Crippen molar-refractivity contribution in [3.05, 3.63) is 41.7 Å². The Morgan fingerprint density at radius 1 is 1.60 bits per heavy atom. The molecule has 0 amide bonds. The molecule has 0 unspecified atom stereocenters. The van der Waals surface area contributed by atoms with E-state index in [4.69, 9.17) is 10.5 Å². The molecule has 2 N–H and O–H groups in total. The number of hydrogen-bond donors (Lipinski definition) is 1. The van der Waals surface area contributed by atoms with E-state index >= 15 is 0 Å². The molecule has 0 saturated carbocycles. The van der Waals surface area contributed by atoms with Crippen molar-refractivity contribution in [1.29, 1.82) is 0 Å². The van der Waals surface area contributed by atoms with Crippen LogP contribution in [0.2, 0.25) is 0 Å². The van der Waals surface area contributed by atoms with Crippen LogP contribution in [0.1, 0.15) is 24.9 Å². The standard InChI is InChI=1S/C12H16FNO/c1-8(2)6-11(14)9-4-5-10(13)12(7-9)15-3/h4-5,7,11H,1,6,14H2,2-3H3/t11-/m1/s1. The van der Waals surface area contributed by atoms with Gasteiger partial charge in [-0.2, -0.15) is 0 Å². The Labute approximate surface area is 89.6 Å². The Hall–Kier alpha value is -1.35. The zero-order valence-corrected chi connectivity index (χ0v) is 9.09. The van der Waals surface area contributed by atoms with Crippen molar-refractivity contribution in [2.75, 3.05) is 7.11 Å². The molecule has 1 aromatic carbocycles. The molecule has 0 aliphatic heterocycles. The molecule has 1 atom stereocenters. The van der Waals surface area contributed by atoms with Crippen molar-refractivity contribution >= 4 is 0 Å². The third-order valence-electron chi connectivity index (χ3n) is 2.17. The fraction of sp³-hybridized carbons (Fsp3) is 0.333. The quantitative estimate of drug-likeness (QED) is 0.774. The molecule has 1 aromatic rings. The van der Waals surface area contributed by atoms with Crippen molar-refractivity contribution in [1.82, 2.24) is 0 Å². The monoisotopic (exact) mass is 209 g/mol. The van der Waals surface area contributed by atoms with Gasteiger partial charge in [0.15, 0.2) is 11.6 Å². The maximum atomic E-state index is 13.1. The minimum Gasteiger partial charge on any atom is -0.494 e. The van der Waals surface area contributed by atoms with Crippen LogP contribution in [-0.4, -0.2) is 7.11 Å². The molecular weight excluding hydrogens is 193 g/mol. The Bertz CT molecular complexity index is 363. The van der Waals surface area contributed by atoms with Gasteiger partial charge in [-0.1, -0.05) is 11.6 Å². The fourth-order valence-corrected chi connectivity index (χ4v) is 1.40. The molecule has 0 fully saturated rings. The van der Waals surface area contributed by atoms with Crippen molar-refractivity contribution in [2.45, 2.75) is 19.4 Å². The zero-order valence-electron chi connectivity index (χ0n) is 9.09. The van der Waals surface area contributed by atoms with E-state index in [1.54, 1.807) is 12.1 Å². The Balaban J connectivity index is 2.90. The summed E-state index contributed by atoms with van der Waals surface area (Å²) in [6.07, 6.45) is 0.689. The van der Waals surface area contributed by atoms with E-state index in [2.05, 4.69) is 6.58 Å². The first-order valence-corrected chi connectivity index (χ1v) is 4.78. The lowest BCUT2D eigenvalue weighted by molar-refractivity contribution is 0.385. The smallest absolute Gasteiger partial charge is 0.165 e. The summed E-state index contributed by atoms with van der Waals surface area (Å²) in [5.41, 5.74) is 7.79. The van der Waals surface area contributed by atoms with Gasteiger partial charge in [-0.15, -0.1) is 6.58 Å². The molecule has 0 saturated heterocycles. The molecule has 1 rings (SSSR count). The van der Waals surface area contributed by atoms with E-state index in [1.807, 2.05) is 6.92 Å². The van der Waals surface area contributed by atoms with Crippen molar-refractivity contribution in [2.24, 2.45) is 5.73 Å². The van der Waals surface area contributed by atoms with Gasteiger partial charge in [-0.25, -0.2) is 4.39 Å². The molecular formula is C12H16FNO. The molecule has 0 bridgehead atoms. The van der Waals surface area contributed by atoms with E-state index in [0.29, 0.717) is 6.42 Å². The molecule has 0 aromatic heterocycles. The number of nitrogens with two attached hydrogens (primary N) is 1. The summed E-state index contributed by atoms with van der Waals surface area (Å²) in [7, 11) is 1.44. The highest BCUT2D eigenvalue weighted by molar-refractivity contribution is 5.32. The summed E-state index contributed by atoms with van der Waals surface area (Å²) in [4.78, 5) is 0. The third-order valence-corrected chi connectivity index (χ3v) is 2.17. The first-order chi connectivity index (χ1) is 7.04. The third kappa shape index (κ3) is 3.06. The van der Waals surface area contributed by atoms with E-state index in [0.717, 1.165) is 11.1 Å². The van der Waals surface area contributed by atoms with Crippen LogP contribution in [0.4, 0.5) is 4.39 Å². The second-order valence-corrected chi connectivity index (χ2v) is 3.66. The predicted molar refractivity (Wildman–Crippen MR) is 59.3 cm³/mol. The summed E-state index contributed by atoms with van der Waals surface area (Å²) in [6, 6.07) is 4.51. The van der Waals surface area contributed by atoms with Crippen LogP contribution in [0.15, 0.2) is 30.4 Å². The fourth-order valence-electron chi connectivity index (χ4n) is 1.40. The minimum absolute atomic E-state index is 0.156. The average Bonchev–Trinajstić information content (AvgIpc) is 2.17. The molecule has 0 spiro atoms. The van der Waals surface area contributed by atoms with E-state index in [1.165, 1.54) is 13.2 Å². The van der Waals surface area contributed by atoms with Crippen molar-refractivity contribution in [3.63, 3.8) is 0 Å². The second kappa shape index (κ2) is 4.94. The molecule has 0 aliphatic carbocycles. The summed E-state index contributed by atoms with van der Waals surface area (Å²) in [5, 5.41) is 0. The van der Waals surface area contributed by atoms with Crippen LogP contribution in [0.25, 0.3) is 0 Å². The van der Waals surface area contributed by atoms with E-state index < -0.39 is 0 Å². The lowest BCUT2D eigenvalue weighted by Gasteiger charge is -2.13. The van der Waals surface area contributed by atoms with Gasteiger partial charge in [0, 0.05) is 6.04 Å². The van der Waals surface area contributed by atoms with Gasteiger partial charge in [-0.3, -0.25) is 0 Å². The molecule has 0 aliphatic rings. The zero-order chi connectivity index (χ0) is 11.4. The molecule has 82 valence electrons. The molecule has 3 heteroatoms. The Morgan fingerprint density at radius 3 is 2.80 bits per heavy atom. The van der Waals surface area contributed by atoms with Gasteiger partial charge in [0.05, 0.1) is 7.11 Å². The highest BCUT2D eigenvalue weighted by Gasteiger charge is 2.09. The van der Waals surface area contributed by atoms with Crippen LogP contribution in [-0.2, 0) is 0 Å². The topological polar surface area (TPSA) is 35.2 Å². The van der Waals surface area contributed by atoms with Crippen LogP contribution in [0.3, 0.4) is 0 Å². The summed E-state index contributed by atoms with van der Waals surface area (Å²) in [5.74, 6) is -0.145. The summed E-state index contributed by atoms with van der Waals surface area (Å²) in [6.45, 7) is 5.71. The largest absolute Gasteiger partial charge is 0.494 e. The van der Waals surface area contributed by atoms with E-state index in [-0.39, 0.29) is 17.6 Å². The number of halogens is 1. The highest BCUT2D eigenvalue weighted by Crippen LogP contribution is 2.24. The molecule has 15 heavy (non-hydrogen) atoms. The highest BCUT2D eigenvalue weighted by atomic mass is 19.1. The number of rotatable bonds is 4. The number of hydrogen-bond acceptors (Lipinski definition) is 2. The number of methoxy groups -OCH3 is 1. The lowest BCUT2D eigenvalue weighted by Crippen LogP contribution is -2.10. The van der Waals surface area contributed by atoms with Crippen LogP contribution in [0.5, 0.6) is 5.75 Å². The van der Waals surface area contributed by atoms with Gasteiger partial charge >= 0.3 is 0 Å². The van der Waals surface area contributed by atoms with Crippen LogP contribution >= 0.6 is 0 Å². The molecule has 0 radical (unpaired) electrons. The first-order valence-electron chi connectivity index (χ1n) is 4.78. The van der Waals surface area contributed by atoms with Gasteiger partial charge in [0.25, 0.3) is 0 Å². The maximum Gasteiger partial charge on any atom is 0.165 e. The summed E-state index contributed by atoms with van der Waals surface area (Å²) >= 11 is 0. The maximum absolute atomic E-state index is 13.1. The normalized spacial score (nSPS) is 12.3. The SMILES string of the molecule is C=C(C)C[C@@H](N)c1ccc(F)c(OC)c1. The Morgan fingerprint density at radius 2 is 2.27 bits per heavy atom. The van der Waals surface area contributed by atoms with Crippen molar-refractivity contribution < 1.29 is 9.13 Å². The minimum atomic E-state index is -0.372. The molecule has 0 heterocycles. The van der Waals surface area contributed by atoms with Crippen LogP contribution in [0, 0.1) is 5.82 Å². The lowest BCUT2D eigenvalue weighted by atomic mass is 10.0. The predicted octanol–water partition coefficient (Wildman–Crippen LogP) is 2.80. The van der Waals surface area contributed by atoms with E-state index in [9.17, 15) is 4.39 Å². The van der Waals surface area contributed by atoms with Gasteiger partial charge < -0.3 is 10.5 Å². The second-order valence-electron chi connectivity index (χ2n) is 3.66.